The standard InChI is InChI=1S/C14H11N5O2S/c15-14(22)16-9-3-1-8(2-4-9)13-17-11-6-5-10(19(20)21)7-12(11)18-13/h1-7H,(H,17,18)(H3,15,16,22). The number of anilines is 1. The Morgan fingerprint density at radius 3 is 2.64 bits per heavy atom. The van der Waals surface area contributed by atoms with Gasteiger partial charge >= 0.3 is 0 Å². The zero-order chi connectivity index (χ0) is 15.7. The molecule has 0 aliphatic heterocycles. The Balaban J connectivity index is 1.95. The number of aromatic nitrogens is 2. The first-order valence-electron chi connectivity index (χ1n) is 6.34. The maximum atomic E-state index is 10.8. The second kappa shape index (κ2) is 5.41. The summed E-state index contributed by atoms with van der Waals surface area (Å²) in [7, 11) is 0. The Kier molecular flexibility index (Phi) is 3.43. The predicted octanol–water partition coefficient (Wildman–Crippen LogP) is 2.79. The van der Waals surface area contributed by atoms with E-state index in [0.29, 0.717) is 16.9 Å². The molecule has 0 aliphatic carbocycles. The Bertz CT molecular complexity index is 873. The lowest BCUT2D eigenvalue weighted by Crippen LogP contribution is -2.18. The summed E-state index contributed by atoms with van der Waals surface area (Å²) < 4.78 is 0. The first kappa shape index (κ1) is 14.0. The van der Waals surface area contributed by atoms with Crippen LogP contribution in [0.2, 0.25) is 0 Å². The van der Waals surface area contributed by atoms with E-state index in [0.717, 1.165) is 11.3 Å². The minimum atomic E-state index is -0.434. The second-order valence-corrected chi connectivity index (χ2v) is 5.05. The van der Waals surface area contributed by atoms with Crippen molar-refractivity contribution in [1.29, 1.82) is 0 Å². The molecule has 3 rings (SSSR count). The average Bonchev–Trinajstić information content (AvgIpc) is 2.90. The number of hydrogen-bond donors (Lipinski definition) is 3. The van der Waals surface area contributed by atoms with Crippen molar-refractivity contribution in [2.24, 2.45) is 5.73 Å². The van der Waals surface area contributed by atoms with Gasteiger partial charge in [0.2, 0.25) is 0 Å². The molecule has 0 atom stereocenters. The molecular weight excluding hydrogens is 302 g/mol. The summed E-state index contributed by atoms with van der Waals surface area (Å²) in [6, 6.07) is 11.9. The summed E-state index contributed by atoms with van der Waals surface area (Å²) in [6.07, 6.45) is 0. The quantitative estimate of drug-likeness (QED) is 0.389. The van der Waals surface area contributed by atoms with Gasteiger partial charge in [0.25, 0.3) is 5.69 Å². The summed E-state index contributed by atoms with van der Waals surface area (Å²) in [5.74, 6) is 0.636. The van der Waals surface area contributed by atoms with Crippen molar-refractivity contribution in [2.75, 3.05) is 5.32 Å². The number of nitrogens with one attached hydrogen (secondary N) is 2. The summed E-state index contributed by atoms with van der Waals surface area (Å²) >= 11 is 4.77. The zero-order valence-corrected chi connectivity index (χ0v) is 12.1. The number of rotatable bonds is 3. The number of imidazole rings is 1. The Labute approximate surface area is 130 Å². The van der Waals surface area contributed by atoms with E-state index >= 15 is 0 Å². The van der Waals surface area contributed by atoms with Gasteiger partial charge in [0, 0.05) is 23.4 Å². The molecule has 1 heterocycles. The van der Waals surface area contributed by atoms with Crippen molar-refractivity contribution in [2.45, 2.75) is 0 Å². The third-order valence-electron chi connectivity index (χ3n) is 3.10. The molecule has 0 saturated heterocycles. The molecule has 0 spiro atoms. The first-order valence-corrected chi connectivity index (χ1v) is 6.75. The number of nitrogens with zero attached hydrogens (tertiary/aromatic N) is 2. The largest absolute Gasteiger partial charge is 0.376 e. The van der Waals surface area contributed by atoms with Crippen molar-refractivity contribution >= 4 is 39.7 Å². The monoisotopic (exact) mass is 313 g/mol. The second-order valence-electron chi connectivity index (χ2n) is 4.61. The number of non-ortho nitro benzene ring substituents is 1. The van der Waals surface area contributed by atoms with E-state index in [2.05, 4.69) is 15.3 Å². The Morgan fingerprint density at radius 1 is 1.27 bits per heavy atom. The molecule has 0 amide bonds. The van der Waals surface area contributed by atoms with Crippen LogP contribution in [-0.2, 0) is 0 Å². The molecule has 0 aliphatic rings. The fourth-order valence-corrected chi connectivity index (χ4v) is 2.22. The first-order chi connectivity index (χ1) is 10.5. The van der Waals surface area contributed by atoms with Crippen molar-refractivity contribution in [3.63, 3.8) is 0 Å². The van der Waals surface area contributed by atoms with Gasteiger partial charge in [-0.05, 0) is 42.5 Å². The minimum Gasteiger partial charge on any atom is -0.376 e. The maximum absolute atomic E-state index is 10.8. The molecule has 2 aromatic carbocycles. The molecule has 0 saturated carbocycles. The summed E-state index contributed by atoms with van der Waals surface area (Å²) in [5, 5.41) is 13.8. The molecule has 0 radical (unpaired) electrons. The number of nitro benzene ring substituents is 1. The molecule has 0 bridgehead atoms. The molecule has 0 fully saturated rings. The molecular formula is C14H11N5O2S. The van der Waals surface area contributed by atoms with Crippen LogP contribution in [0.4, 0.5) is 11.4 Å². The highest BCUT2D eigenvalue weighted by Gasteiger charge is 2.10. The molecule has 22 heavy (non-hydrogen) atoms. The van der Waals surface area contributed by atoms with Crippen molar-refractivity contribution in [3.05, 3.63) is 52.6 Å². The van der Waals surface area contributed by atoms with Gasteiger partial charge in [0.05, 0.1) is 16.0 Å². The van der Waals surface area contributed by atoms with Gasteiger partial charge in [-0.1, -0.05) is 0 Å². The number of fused-ring (bicyclic) bond motifs is 1. The molecule has 0 unspecified atom stereocenters. The van der Waals surface area contributed by atoms with E-state index in [1.54, 1.807) is 6.07 Å². The number of H-pyrrole nitrogens is 1. The van der Waals surface area contributed by atoms with E-state index in [4.69, 9.17) is 18.0 Å². The number of nitro groups is 1. The average molecular weight is 313 g/mol. The van der Waals surface area contributed by atoms with E-state index in [1.807, 2.05) is 24.3 Å². The van der Waals surface area contributed by atoms with Crippen molar-refractivity contribution < 1.29 is 4.92 Å². The molecule has 3 aromatic rings. The maximum Gasteiger partial charge on any atom is 0.271 e. The van der Waals surface area contributed by atoms with E-state index < -0.39 is 4.92 Å². The molecule has 1 aromatic heterocycles. The number of nitrogens with two attached hydrogens (primary N) is 1. The van der Waals surface area contributed by atoms with Crippen LogP contribution in [0, 0.1) is 10.1 Å². The van der Waals surface area contributed by atoms with Crippen LogP contribution in [0.15, 0.2) is 42.5 Å². The topological polar surface area (TPSA) is 110 Å². The summed E-state index contributed by atoms with van der Waals surface area (Å²) in [5.41, 5.74) is 8.36. The Morgan fingerprint density at radius 2 is 2.00 bits per heavy atom. The Hall–Kier alpha value is -3.00. The van der Waals surface area contributed by atoms with Crippen LogP contribution >= 0.6 is 12.2 Å². The van der Waals surface area contributed by atoms with Crippen LogP contribution in [0.1, 0.15) is 0 Å². The normalized spacial score (nSPS) is 10.5. The van der Waals surface area contributed by atoms with Crippen LogP contribution in [0.25, 0.3) is 22.4 Å². The highest BCUT2D eigenvalue weighted by molar-refractivity contribution is 7.80. The number of aromatic amines is 1. The fourth-order valence-electron chi connectivity index (χ4n) is 2.10. The molecule has 7 nitrogen and oxygen atoms in total. The van der Waals surface area contributed by atoms with E-state index in [-0.39, 0.29) is 10.8 Å². The van der Waals surface area contributed by atoms with Gasteiger partial charge in [-0.3, -0.25) is 10.1 Å². The predicted molar refractivity (Wildman–Crippen MR) is 88.6 cm³/mol. The molecule has 4 N–H and O–H groups in total. The molecule has 110 valence electrons. The van der Waals surface area contributed by atoms with Gasteiger partial charge < -0.3 is 16.0 Å². The summed E-state index contributed by atoms with van der Waals surface area (Å²) in [6.45, 7) is 0. The highest BCUT2D eigenvalue weighted by atomic mass is 32.1. The highest BCUT2D eigenvalue weighted by Crippen LogP contribution is 2.24. The molecule has 8 heteroatoms. The van der Waals surface area contributed by atoms with Crippen LogP contribution in [-0.4, -0.2) is 20.0 Å². The van der Waals surface area contributed by atoms with Gasteiger partial charge in [-0.2, -0.15) is 0 Å². The van der Waals surface area contributed by atoms with Gasteiger partial charge in [0.1, 0.15) is 5.82 Å². The number of benzene rings is 2. The lowest BCUT2D eigenvalue weighted by molar-refractivity contribution is -0.384. The van der Waals surface area contributed by atoms with Gasteiger partial charge in [-0.25, -0.2) is 4.98 Å². The third kappa shape index (κ3) is 2.72. The fraction of sp³-hybridized carbons (Fsp3) is 0. The van der Waals surface area contributed by atoms with Crippen LogP contribution in [0.5, 0.6) is 0 Å². The van der Waals surface area contributed by atoms with Crippen molar-refractivity contribution in [3.8, 4) is 11.4 Å². The third-order valence-corrected chi connectivity index (χ3v) is 3.20. The minimum absolute atomic E-state index is 0.0266. The van der Waals surface area contributed by atoms with Gasteiger partial charge in [0.15, 0.2) is 5.11 Å². The smallest absolute Gasteiger partial charge is 0.271 e. The number of thiocarbonyl (C=S) groups is 1. The van der Waals surface area contributed by atoms with E-state index in [9.17, 15) is 10.1 Å². The van der Waals surface area contributed by atoms with Crippen molar-refractivity contribution in [1.82, 2.24) is 9.97 Å². The lowest BCUT2D eigenvalue weighted by atomic mass is 10.2. The van der Waals surface area contributed by atoms with E-state index in [1.165, 1.54) is 12.1 Å². The zero-order valence-electron chi connectivity index (χ0n) is 11.2. The number of hydrogen-bond acceptors (Lipinski definition) is 4. The SMILES string of the molecule is NC(=S)Nc1ccc(-c2nc3ccc([N+](=O)[O-])cc3[nH]2)cc1. The summed E-state index contributed by atoms with van der Waals surface area (Å²) in [4.78, 5) is 17.9. The van der Waals surface area contributed by atoms with Crippen LogP contribution < -0.4 is 11.1 Å². The van der Waals surface area contributed by atoms with Crippen LogP contribution in [0.3, 0.4) is 0 Å². The van der Waals surface area contributed by atoms with Gasteiger partial charge in [-0.15, -0.1) is 0 Å². The lowest BCUT2D eigenvalue weighted by Gasteiger charge is -2.03.